The lowest BCUT2D eigenvalue weighted by atomic mass is 10.2. The molecule has 0 fully saturated rings. The van der Waals surface area contributed by atoms with E-state index in [0.29, 0.717) is 24.7 Å². The standard InChI is InChI=1S/C16H21N5O3/c1-11(15-19-17-10-21(15)3)18-16(22)20(2)8-12-9-23-13-6-4-5-7-14(13)24-12/h4-7,10-12H,8-9H2,1-3H3,(H,18,22). The Kier molecular flexibility index (Phi) is 4.54. The molecular weight excluding hydrogens is 310 g/mol. The molecule has 2 heterocycles. The number of para-hydroxylation sites is 2. The monoisotopic (exact) mass is 331 g/mol. The van der Waals surface area contributed by atoms with Crippen molar-refractivity contribution >= 4 is 6.03 Å². The molecule has 1 aliphatic rings. The van der Waals surface area contributed by atoms with Gasteiger partial charge in [-0.05, 0) is 19.1 Å². The number of likely N-dealkylation sites (N-methyl/N-ethyl adjacent to an activating group) is 1. The molecule has 8 nitrogen and oxygen atoms in total. The van der Waals surface area contributed by atoms with E-state index in [1.807, 2.05) is 38.2 Å². The topological polar surface area (TPSA) is 81.5 Å². The van der Waals surface area contributed by atoms with E-state index in [0.717, 1.165) is 5.75 Å². The SMILES string of the molecule is CC(NC(=O)N(C)CC1COc2ccccc2O1)c1nncn1C. The number of aromatic nitrogens is 3. The number of ether oxygens (including phenoxy) is 2. The van der Waals surface area contributed by atoms with Gasteiger partial charge in [-0.2, -0.15) is 0 Å². The molecule has 24 heavy (non-hydrogen) atoms. The zero-order valence-electron chi connectivity index (χ0n) is 14.0. The van der Waals surface area contributed by atoms with Gasteiger partial charge in [0.05, 0.1) is 12.6 Å². The minimum Gasteiger partial charge on any atom is -0.486 e. The maximum Gasteiger partial charge on any atom is 0.317 e. The Morgan fingerprint density at radius 3 is 2.92 bits per heavy atom. The molecule has 2 unspecified atom stereocenters. The van der Waals surface area contributed by atoms with Gasteiger partial charge in [0, 0.05) is 14.1 Å². The van der Waals surface area contributed by atoms with E-state index >= 15 is 0 Å². The second-order valence-corrected chi connectivity index (χ2v) is 5.85. The summed E-state index contributed by atoms with van der Waals surface area (Å²) in [4.78, 5) is 13.9. The van der Waals surface area contributed by atoms with Crippen LogP contribution in [0.4, 0.5) is 4.79 Å². The number of fused-ring (bicyclic) bond motifs is 1. The van der Waals surface area contributed by atoms with Crippen molar-refractivity contribution in [3.05, 3.63) is 36.4 Å². The van der Waals surface area contributed by atoms with Crippen molar-refractivity contribution in [2.75, 3.05) is 20.2 Å². The summed E-state index contributed by atoms with van der Waals surface area (Å²) >= 11 is 0. The summed E-state index contributed by atoms with van der Waals surface area (Å²) < 4.78 is 13.3. The number of nitrogens with one attached hydrogen (secondary N) is 1. The predicted molar refractivity (Wildman–Crippen MR) is 86.9 cm³/mol. The van der Waals surface area contributed by atoms with Gasteiger partial charge in [0.25, 0.3) is 0 Å². The number of nitrogens with zero attached hydrogens (tertiary/aromatic N) is 4. The van der Waals surface area contributed by atoms with Crippen LogP contribution in [0.5, 0.6) is 11.5 Å². The van der Waals surface area contributed by atoms with Crippen LogP contribution in [-0.2, 0) is 7.05 Å². The Bertz CT molecular complexity index is 717. The highest BCUT2D eigenvalue weighted by Gasteiger charge is 2.24. The largest absolute Gasteiger partial charge is 0.486 e. The summed E-state index contributed by atoms with van der Waals surface area (Å²) in [6, 6.07) is 7.08. The number of benzene rings is 1. The first-order valence-electron chi connectivity index (χ1n) is 7.78. The fraction of sp³-hybridized carbons (Fsp3) is 0.438. The van der Waals surface area contributed by atoms with Gasteiger partial charge in [-0.3, -0.25) is 0 Å². The fourth-order valence-electron chi connectivity index (χ4n) is 2.59. The van der Waals surface area contributed by atoms with E-state index in [1.54, 1.807) is 22.8 Å². The van der Waals surface area contributed by atoms with Gasteiger partial charge in [0.15, 0.2) is 23.4 Å². The van der Waals surface area contributed by atoms with Crippen molar-refractivity contribution in [3.8, 4) is 11.5 Å². The number of carbonyl (C=O) groups is 1. The quantitative estimate of drug-likeness (QED) is 0.915. The number of amides is 2. The van der Waals surface area contributed by atoms with Crippen LogP contribution in [0.2, 0.25) is 0 Å². The predicted octanol–water partition coefficient (Wildman–Crippen LogP) is 1.36. The van der Waals surface area contributed by atoms with Crippen molar-refractivity contribution < 1.29 is 14.3 Å². The van der Waals surface area contributed by atoms with Crippen LogP contribution in [0.25, 0.3) is 0 Å². The molecule has 2 aromatic rings. The summed E-state index contributed by atoms with van der Waals surface area (Å²) in [5.74, 6) is 2.13. The Morgan fingerprint density at radius 2 is 2.21 bits per heavy atom. The second kappa shape index (κ2) is 6.77. The first kappa shape index (κ1) is 16.1. The van der Waals surface area contributed by atoms with Gasteiger partial charge >= 0.3 is 6.03 Å². The molecule has 0 saturated heterocycles. The summed E-state index contributed by atoms with van der Waals surface area (Å²) in [6.45, 7) is 2.70. The Hall–Kier alpha value is -2.77. The van der Waals surface area contributed by atoms with E-state index in [2.05, 4.69) is 15.5 Å². The molecule has 128 valence electrons. The van der Waals surface area contributed by atoms with Crippen LogP contribution in [0.3, 0.4) is 0 Å². The van der Waals surface area contributed by atoms with Crippen molar-refractivity contribution in [1.82, 2.24) is 25.0 Å². The van der Waals surface area contributed by atoms with Crippen LogP contribution < -0.4 is 14.8 Å². The van der Waals surface area contributed by atoms with Crippen LogP contribution in [-0.4, -0.2) is 52.0 Å². The average molecular weight is 331 g/mol. The molecule has 0 bridgehead atoms. The van der Waals surface area contributed by atoms with Gasteiger partial charge in [0.2, 0.25) is 0 Å². The minimum absolute atomic E-state index is 0.201. The van der Waals surface area contributed by atoms with Crippen molar-refractivity contribution in [1.29, 1.82) is 0 Å². The number of rotatable bonds is 4. The third kappa shape index (κ3) is 3.42. The van der Waals surface area contributed by atoms with Crippen molar-refractivity contribution in [3.63, 3.8) is 0 Å². The fourth-order valence-corrected chi connectivity index (χ4v) is 2.59. The number of hydrogen-bond acceptors (Lipinski definition) is 5. The lowest BCUT2D eigenvalue weighted by Gasteiger charge is -2.30. The van der Waals surface area contributed by atoms with Crippen molar-refractivity contribution in [2.24, 2.45) is 7.05 Å². The molecule has 3 rings (SSSR count). The molecule has 1 aliphatic heterocycles. The van der Waals surface area contributed by atoms with Crippen LogP contribution in [0, 0.1) is 0 Å². The molecule has 2 atom stereocenters. The van der Waals surface area contributed by atoms with Crippen LogP contribution in [0.15, 0.2) is 30.6 Å². The molecule has 1 aromatic carbocycles. The zero-order valence-corrected chi connectivity index (χ0v) is 14.0. The zero-order chi connectivity index (χ0) is 17.1. The summed E-state index contributed by atoms with van der Waals surface area (Å²) in [6.07, 6.45) is 1.40. The highest BCUT2D eigenvalue weighted by Crippen LogP contribution is 2.30. The Balaban J connectivity index is 1.54. The molecule has 8 heteroatoms. The lowest BCUT2D eigenvalue weighted by Crippen LogP contribution is -2.46. The third-order valence-corrected chi connectivity index (χ3v) is 3.87. The average Bonchev–Trinajstić information content (AvgIpc) is 3.00. The Labute approximate surface area is 140 Å². The smallest absolute Gasteiger partial charge is 0.317 e. The number of hydrogen-bond donors (Lipinski definition) is 1. The third-order valence-electron chi connectivity index (χ3n) is 3.87. The van der Waals surface area contributed by atoms with Gasteiger partial charge in [-0.15, -0.1) is 10.2 Å². The molecule has 0 radical (unpaired) electrons. The number of urea groups is 1. The van der Waals surface area contributed by atoms with E-state index in [1.165, 1.54) is 0 Å². The van der Waals surface area contributed by atoms with E-state index in [9.17, 15) is 4.79 Å². The highest BCUT2D eigenvalue weighted by atomic mass is 16.6. The molecule has 0 aliphatic carbocycles. The molecule has 0 spiro atoms. The first-order chi connectivity index (χ1) is 11.5. The van der Waals surface area contributed by atoms with E-state index < -0.39 is 0 Å². The van der Waals surface area contributed by atoms with Crippen molar-refractivity contribution in [2.45, 2.75) is 19.1 Å². The summed E-state index contributed by atoms with van der Waals surface area (Å²) in [5.41, 5.74) is 0. The van der Waals surface area contributed by atoms with Gasteiger partial charge in [-0.1, -0.05) is 12.1 Å². The highest BCUT2D eigenvalue weighted by molar-refractivity contribution is 5.74. The molecule has 2 amide bonds. The molecule has 0 saturated carbocycles. The normalized spacial score (nSPS) is 17.2. The second-order valence-electron chi connectivity index (χ2n) is 5.85. The van der Waals surface area contributed by atoms with E-state index in [4.69, 9.17) is 9.47 Å². The summed E-state index contributed by atoms with van der Waals surface area (Å²) in [5, 5.41) is 10.7. The van der Waals surface area contributed by atoms with Crippen LogP contribution in [0.1, 0.15) is 18.8 Å². The van der Waals surface area contributed by atoms with Gasteiger partial charge in [-0.25, -0.2) is 4.79 Å². The van der Waals surface area contributed by atoms with Crippen LogP contribution >= 0.6 is 0 Å². The first-order valence-corrected chi connectivity index (χ1v) is 7.78. The summed E-state index contributed by atoms with van der Waals surface area (Å²) in [7, 11) is 3.56. The molecule has 1 N–H and O–H groups in total. The Morgan fingerprint density at radius 1 is 1.46 bits per heavy atom. The van der Waals surface area contributed by atoms with Gasteiger partial charge in [0.1, 0.15) is 12.9 Å². The lowest BCUT2D eigenvalue weighted by molar-refractivity contribution is 0.0712. The number of aryl methyl sites for hydroxylation is 1. The minimum atomic E-state index is -0.239. The molecule has 1 aromatic heterocycles. The molecular formula is C16H21N5O3. The van der Waals surface area contributed by atoms with Gasteiger partial charge < -0.3 is 24.3 Å². The maximum absolute atomic E-state index is 12.3. The van der Waals surface area contributed by atoms with E-state index in [-0.39, 0.29) is 18.2 Å². The number of carbonyl (C=O) groups excluding carboxylic acids is 1. The maximum atomic E-state index is 12.3.